The second-order valence-electron chi connectivity index (χ2n) is 9.22. The number of nitrogens with one attached hydrogen (secondary N) is 1. The number of H-pyrrole nitrogens is 1. The molecule has 2 aliphatic rings. The van der Waals surface area contributed by atoms with Gasteiger partial charge >= 0.3 is 0 Å². The highest BCUT2D eigenvalue weighted by atomic mass is 16.5. The number of carbonyl (C=O) groups is 1. The van der Waals surface area contributed by atoms with Crippen LogP contribution in [0.5, 0.6) is 0 Å². The predicted octanol–water partition coefficient (Wildman–Crippen LogP) is 3.12. The number of hydrogen-bond donors (Lipinski definition) is 2. The highest BCUT2D eigenvalue weighted by molar-refractivity contribution is 6.02. The molecule has 8 heteroatoms. The molecule has 1 aromatic carbocycles. The maximum absolute atomic E-state index is 12.7. The number of imidazole rings is 1. The molecule has 2 aliphatic heterocycles. The molecule has 5 rings (SSSR count). The number of fused-ring (bicyclic) bond motifs is 1. The molecular weight excluding hydrogens is 416 g/mol. The van der Waals surface area contributed by atoms with Crippen molar-refractivity contribution >= 4 is 22.6 Å². The Morgan fingerprint density at radius 1 is 1.24 bits per heavy atom. The summed E-state index contributed by atoms with van der Waals surface area (Å²) in [5.74, 6) is 1.56. The number of amidine groups is 1. The molecule has 3 N–H and O–H groups in total. The molecule has 8 nitrogen and oxygen atoms in total. The number of amides is 1. The average molecular weight is 447 g/mol. The third-order valence-corrected chi connectivity index (χ3v) is 6.81. The SMILES string of the molecule is CC1CN(Cc2ccc3ncccc3c2)CC1C(N)=NC(=O)c1cnc(C2CCOCC2)[nH]1. The lowest BCUT2D eigenvalue weighted by Crippen LogP contribution is -2.30. The van der Waals surface area contributed by atoms with Crippen molar-refractivity contribution < 1.29 is 9.53 Å². The fourth-order valence-electron chi connectivity index (χ4n) is 4.95. The van der Waals surface area contributed by atoms with Crippen LogP contribution in [0.25, 0.3) is 10.9 Å². The van der Waals surface area contributed by atoms with Crippen LogP contribution in [0.2, 0.25) is 0 Å². The molecule has 2 saturated heterocycles. The van der Waals surface area contributed by atoms with E-state index in [1.54, 1.807) is 6.20 Å². The Morgan fingerprint density at radius 3 is 2.94 bits per heavy atom. The first-order chi connectivity index (χ1) is 16.1. The number of likely N-dealkylation sites (tertiary alicyclic amines) is 1. The van der Waals surface area contributed by atoms with Crippen molar-refractivity contribution in [2.45, 2.75) is 32.2 Å². The third kappa shape index (κ3) is 4.82. The van der Waals surface area contributed by atoms with E-state index >= 15 is 0 Å². The Morgan fingerprint density at radius 2 is 2.09 bits per heavy atom. The molecule has 0 aliphatic carbocycles. The Labute approximate surface area is 193 Å². The van der Waals surface area contributed by atoms with Crippen LogP contribution in [-0.2, 0) is 11.3 Å². The number of ether oxygens (including phenoxy) is 1. The van der Waals surface area contributed by atoms with Gasteiger partial charge in [-0.15, -0.1) is 0 Å². The molecule has 0 saturated carbocycles. The fourth-order valence-corrected chi connectivity index (χ4v) is 4.95. The van der Waals surface area contributed by atoms with E-state index in [1.165, 1.54) is 5.56 Å². The van der Waals surface area contributed by atoms with Gasteiger partial charge in [0.25, 0.3) is 5.91 Å². The zero-order valence-electron chi connectivity index (χ0n) is 18.9. The van der Waals surface area contributed by atoms with Gasteiger partial charge in [-0.2, -0.15) is 4.99 Å². The molecule has 172 valence electrons. The minimum absolute atomic E-state index is 0.0500. The van der Waals surface area contributed by atoms with Crippen molar-refractivity contribution in [2.24, 2.45) is 22.6 Å². The Balaban J connectivity index is 1.23. The molecule has 2 aromatic heterocycles. The summed E-state index contributed by atoms with van der Waals surface area (Å²) in [6.45, 7) is 6.16. The number of aliphatic imine (C=N–C) groups is 1. The molecule has 0 bridgehead atoms. The molecule has 33 heavy (non-hydrogen) atoms. The minimum atomic E-state index is -0.356. The molecule has 3 aromatic rings. The lowest BCUT2D eigenvalue weighted by molar-refractivity contribution is 0.0837. The van der Waals surface area contributed by atoms with Crippen molar-refractivity contribution in [1.29, 1.82) is 0 Å². The van der Waals surface area contributed by atoms with Crippen LogP contribution < -0.4 is 5.73 Å². The van der Waals surface area contributed by atoms with E-state index in [-0.39, 0.29) is 11.8 Å². The van der Waals surface area contributed by atoms with Crippen LogP contribution in [-0.4, -0.2) is 57.9 Å². The van der Waals surface area contributed by atoms with Gasteiger partial charge < -0.3 is 15.5 Å². The first-order valence-corrected chi connectivity index (χ1v) is 11.6. The highest BCUT2D eigenvalue weighted by Crippen LogP contribution is 2.27. The minimum Gasteiger partial charge on any atom is -0.387 e. The highest BCUT2D eigenvalue weighted by Gasteiger charge is 2.32. The van der Waals surface area contributed by atoms with Crippen LogP contribution in [0.3, 0.4) is 0 Å². The normalized spacial score (nSPS) is 22.8. The largest absolute Gasteiger partial charge is 0.387 e. The lowest BCUT2D eigenvalue weighted by atomic mass is 9.97. The van der Waals surface area contributed by atoms with E-state index in [0.29, 0.717) is 23.4 Å². The van der Waals surface area contributed by atoms with E-state index in [4.69, 9.17) is 10.5 Å². The predicted molar refractivity (Wildman–Crippen MR) is 127 cm³/mol. The smallest absolute Gasteiger partial charge is 0.296 e. The second kappa shape index (κ2) is 9.41. The number of carbonyl (C=O) groups excluding carboxylic acids is 1. The standard InChI is InChI=1S/C25H30N6O2/c1-16-13-31(14-17-4-5-21-19(11-17)3-2-8-27-21)15-20(16)23(26)30-25(32)22-12-28-24(29-22)18-6-9-33-10-7-18/h2-5,8,11-12,16,18,20H,6-7,9-10,13-15H2,1H3,(H,28,29)(H2,26,30,32). The van der Waals surface area contributed by atoms with Crippen molar-refractivity contribution in [3.63, 3.8) is 0 Å². The average Bonchev–Trinajstić information content (AvgIpc) is 3.47. The number of nitrogens with two attached hydrogens (primary N) is 1. The number of aromatic nitrogens is 3. The van der Waals surface area contributed by atoms with Gasteiger partial charge in [-0.05, 0) is 42.5 Å². The summed E-state index contributed by atoms with van der Waals surface area (Å²) in [5, 5.41) is 1.14. The zero-order valence-corrected chi connectivity index (χ0v) is 18.9. The van der Waals surface area contributed by atoms with Gasteiger partial charge in [-0.3, -0.25) is 14.7 Å². The number of rotatable bonds is 5. The van der Waals surface area contributed by atoms with E-state index in [9.17, 15) is 4.79 Å². The molecule has 0 radical (unpaired) electrons. The van der Waals surface area contributed by atoms with Gasteiger partial charge in [-0.25, -0.2) is 4.98 Å². The summed E-state index contributed by atoms with van der Waals surface area (Å²) < 4.78 is 5.41. The molecule has 2 atom stereocenters. The second-order valence-corrected chi connectivity index (χ2v) is 9.22. The molecule has 2 unspecified atom stereocenters. The topological polar surface area (TPSA) is 109 Å². The Bertz CT molecular complexity index is 1170. The third-order valence-electron chi connectivity index (χ3n) is 6.81. The van der Waals surface area contributed by atoms with Crippen molar-refractivity contribution in [3.05, 3.63) is 59.8 Å². The van der Waals surface area contributed by atoms with Gasteiger partial charge in [0.2, 0.25) is 0 Å². The van der Waals surface area contributed by atoms with Gasteiger partial charge in [-0.1, -0.05) is 19.1 Å². The summed E-state index contributed by atoms with van der Waals surface area (Å²) in [6.07, 6.45) is 5.21. The van der Waals surface area contributed by atoms with Crippen LogP contribution in [0, 0.1) is 11.8 Å². The van der Waals surface area contributed by atoms with Gasteiger partial charge in [0, 0.05) is 56.3 Å². The summed E-state index contributed by atoms with van der Waals surface area (Å²) >= 11 is 0. The molecular formula is C25H30N6O2. The van der Waals surface area contributed by atoms with Crippen molar-refractivity contribution in [2.75, 3.05) is 26.3 Å². The van der Waals surface area contributed by atoms with Gasteiger partial charge in [0.05, 0.1) is 11.7 Å². The zero-order chi connectivity index (χ0) is 22.8. The fraction of sp³-hybridized carbons (Fsp3) is 0.440. The van der Waals surface area contributed by atoms with Crippen LogP contribution >= 0.6 is 0 Å². The van der Waals surface area contributed by atoms with E-state index in [0.717, 1.165) is 62.4 Å². The maximum atomic E-state index is 12.7. The number of aromatic amines is 1. The number of pyridine rings is 1. The van der Waals surface area contributed by atoms with Crippen LogP contribution in [0.4, 0.5) is 0 Å². The summed E-state index contributed by atoms with van der Waals surface area (Å²) in [6, 6.07) is 10.4. The van der Waals surface area contributed by atoms with Crippen molar-refractivity contribution in [1.82, 2.24) is 19.9 Å². The van der Waals surface area contributed by atoms with Crippen LogP contribution in [0.1, 0.15) is 47.6 Å². The molecule has 2 fully saturated rings. The number of benzene rings is 1. The first-order valence-electron chi connectivity index (χ1n) is 11.6. The van der Waals surface area contributed by atoms with Crippen molar-refractivity contribution in [3.8, 4) is 0 Å². The quantitative estimate of drug-likeness (QED) is 0.460. The van der Waals surface area contributed by atoms with Gasteiger partial charge in [0.1, 0.15) is 17.4 Å². The first kappa shape index (κ1) is 21.7. The Hall–Kier alpha value is -3.10. The number of nitrogens with zero attached hydrogens (tertiary/aromatic N) is 4. The maximum Gasteiger partial charge on any atom is 0.296 e. The van der Waals surface area contributed by atoms with Crippen LogP contribution in [0.15, 0.2) is 47.7 Å². The summed E-state index contributed by atoms with van der Waals surface area (Å²) in [5.41, 5.74) is 8.97. The van der Waals surface area contributed by atoms with E-state index in [1.807, 2.05) is 12.3 Å². The number of hydrogen-bond acceptors (Lipinski definition) is 5. The Kier molecular flexibility index (Phi) is 6.20. The molecule has 4 heterocycles. The van der Waals surface area contributed by atoms with E-state index < -0.39 is 0 Å². The summed E-state index contributed by atoms with van der Waals surface area (Å²) in [4.78, 5) is 31.3. The lowest BCUT2D eigenvalue weighted by Gasteiger charge is -2.19. The molecule has 0 spiro atoms. The van der Waals surface area contributed by atoms with Gasteiger partial charge in [0.15, 0.2) is 0 Å². The molecule has 1 amide bonds. The monoisotopic (exact) mass is 446 g/mol. The van der Waals surface area contributed by atoms with E-state index in [2.05, 4.69) is 56.0 Å². The summed E-state index contributed by atoms with van der Waals surface area (Å²) in [7, 11) is 0.